The molecule has 2 fully saturated rings. The van der Waals surface area contributed by atoms with Gasteiger partial charge in [0, 0.05) is 23.4 Å². The van der Waals surface area contributed by atoms with Crippen molar-refractivity contribution in [1.82, 2.24) is 0 Å². The number of amides is 1. The number of nitrogens with one attached hydrogen (secondary N) is 1. The standard InChI is InChI=1S/C24H25ClF3NO7S/c25-16-4-1-11(23(33)29-14-8-17(26)21(28)18(27)9-14)5-20(16)37(35,36)15-6-12-2-3-13(7-15)24(12,34)22(32)19(31)10-30/h1,4-5,8-9,12-13,15,19,22,30-32,34H,2-3,6-7,10H2,(H,29,33)/t12?,13?,15?,19-,22+,24?/m0/s1. The summed E-state index contributed by atoms with van der Waals surface area (Å²) in [5.74, 6) is -7.00. The van der Waals surface area contributed by atoms with Crippen LogP contribution in [0.3, 0.4) is 0 Å². The van der Waals surface area contributed by atoms with Gasteiger partial charge in [-0.2, -0.15) is 0 Å². The Morgan fingerprint density at radius 1 is 1.08 bits per heavy atom. The molecule has 2 aliphatic carbocycles. The molecule has 37 heavy (non-hydrogen) atoms. The highest BCUT2D eigenvalue weighted by atomic mass is 35.5. The third-order valence-corrected chi connectivity index (χ3v) is 10.1. The van der Waals surface area contributed by atoms with Crippen molar-refractivity contribution in [2.24, 2.45) is 11.8 Å². The third-order valence-electron chi connectivity index (χ3n) is 7.47. The molecule has 0 aliphatic heterocycles. The first-order chi connectivity index (χ1) is 17.3. The fourth-order valence-corrected chi connectivity index (χ4v) is 7.96. The predicted molar refractivity (Wildman–Crippen MR) is 126 cm³/mol. The smallest absolute Gasteiger partial charge is 0.255 e. The number of rotatable bonds is 7. The first kappa shape index (κ1) is 27.8. The minimum atomic E-state index is -4.15. The zero-order valence-corrected chi connectivity index (χ0v) is 20.8. The van der Waals surface area contributed by atoms with Crippen molar-refractivity contribution < 1.29 is 46.8 Å². The minimum absolute atomic E-state index is 0.0502. The Kier molecular flexibility index (Phi) is 7.63. The van der Waals surface area contributed by atoms with E-state index in [1.165, 1.54) is 12.1 Å². The Bertz CT molecular complexity index is 1290. The van der Waals surface area contributed by atoms with Crippen molar-refractivity contribution in [3.8, 4) is 0 Å². The summed E-state index contributed by atoms with van der Waals surface area (Å²) in [7, 11) is -4.15. The summed E-state index contributed by atoms with van der Waals surface area (Å²) in [5.41, 5.74) is -2.34. The molecule has 0 radical (unpaired) electrons. The van der Waals surface area contributed by atoms with Gasteiger partial charge in [0.15, 0.2) is 27.3 Å². The van der Waals surface area contributed by atoms with Gasteiger partial charge in [-0.1, -0.05) is 11.6 Å². The molecule has 13 heteroatoms. The topological polar surface area (TPSA) is 144 Å². The zero-order valence-electron chi connectivity index (χ0n) is 19.2. The molecule has 4 atom stereocenters. The molecule has 2 aliphatic rings. The molecule has 0 heterocycles. The highest BCUT2D eigenvalue weighted by molar-refractivity contribution is 7.92. The van der Waals surface area contributed by atoms with Crippen LogP contribution in [0.4, 0.5) is 18.9 Å². The summed E-state index contributed by atoms with van der Waals surface area (Å²) >= 11 is 6.18. The number of hydrogen-bond donors (Lipinski definition) is 5. The molecule has 2 bridgehead atoms. The lowest BCUT2D eigenvalue weighted by molar-refractivity contribution is -0.181. The van der Waals surface area contributed by atoms with E-state index in [1.807, 2.05) is 0 Å². The number of hydrogen-bond acceptors (Lipinski definition) is 7. The fourth-order valence-electron chi connectivity index (χ4n) is 5.56. The molecule has 2 saturated carbocycles. The molecule has 0 saturated heterocycles. The molecule has 5 N–H and O–H groups in total. The van der Waals surface area contributed by atoms with E-state index in [0.29, 0.717) is 25.0 Å². The first-order valence-electron chi connectivity index (χ1n) is 11.5. The van der Waals surface area contributed by atoms with Crippen LogP contribution in [-0.4, -0.2) is 64.4 Å². The van der Waals surface area contributed by atoms with Crippen molar-refractivity contribution in [1.29, 1.82) is 0 Å². The first-order valence-corrected chi connectivity index (χ1v) is 13.4. The van der Waals surface area contributed by atoms with Crippen LogP contribution in [0.15, 0.2) is 35.2 Å². The summed E-state index contributed by atoms with van der Waals surface area (Å²) in [6.07, 6.45) is -2.53. The number of anilines is 1. The average Bonchev–Trinajstić information content (AvgIpc) is 3.02. The second-order valence-corrected chi connectivity index (χ2v) is 12.1. The molecule has 0 aromatic heterocycles. The molecule has 1 amide bonds. The molecule has 0 spiro atoms. The molecule has 2 unspecified atom stereocenters. The van der Waals surface area contributed by atoms with Crippen LogP contribution in [0.25, 0.3) is 0 Å². The maximum atomic E-state index is 13.6. The van der Waals surface area contributed by atoms with Gasteiger partial charge in [-0.25, -0.2) is 21.6 Å². The monoisotopic (exact) mass is 563 g/mol. The van der Waals surface area contributed by atoms with E-state index in [0.717, 1.165) is 6.07 Å². The van der Waals surface area contributed by atoms with Gasteiger partial charge in [-0.05, 0) is 55.7 Å². The molecule has 4 rings (SSSR count). The van der Waals surface area contributed by atoms with Crippen molar-refractivity contribution in [3.63, 3.8) is 0 Å². The molecule has 8 nitrogen and oxygen atoms in total. The summed E-state index contributed by atoms with van der Waals surface area (Å²) in [5, 5.41) is 41.7. The van der Waals surface area contributed by atoms with Gasteiger partial charge in [0.05, 0.1) is 27.4 Å². The third kappa shape index (κ3) is 4.86. The van der Waals surface area contributed by atoms with Crippen molar-refractivity contribution in [3.05, 3.63) is 58.4 Å². The van der Waals surface area contributed by atoms with E-state index < -0.39 is 74.7 Å². The van der Waals surface area contributed by atoms with Gasteiger partial charge in [-0.3, -0.25) is 4.79 Å². The number of halogens is 4. The van der Waals surface area contributed by atoms with Crippen LogP contribution in [-0.2, 0) is 9.84 Å². The van der Waals surface area contributed by atoms with Crippen LogP contribution in [0.2, 0.25) is 5.02 Å². The lowest BCUT2D eigenvalue weighted by atomic mass is 9.70. The van der Waals surface area contributed by atoms with Gasteiger partial charge >= 0.3 is 0 Å². The summed E-state index contributed by atoms with van der Waals surface area (Å²) < 4.78 is 67.3. The van der Waals surface area contributed by atoms with Gasteiger partial charge in [0.1, 0.15) is 12.2 Å². The van der Waals surface area contributed by atoms with Crippen LogP contribution in [0, 0.1) is 29.3 Å². The number of carbonyl (C=O) groups is 1. The normalized spacial score (nSPS) is 27.1. The Morgan fingerprint density at radius 3 is 2.19 bits per heavy atom. The van der Waals surface area contributed by atoms with Gasteiger partial charge in [0.2, 0.25) is 0 Å². The number of benzene rings is 2. The van der Waals surface area contributed by atoms with Crippen LogP contribution < -0.4 is 5.32 Å². The van der Waals surface area contributed by atoms with E-state index in [-0.39, 0.29) is 34.0 Å². The summed E-state index contributed by atoms with van der Waals surface area (Å²) in [6.45, 7) is -0.772. The molecular formula is C24H25ClF3NO7S. The maximum absolute atomic E-state index is 13.6. The summed E-state index contributed by atoms with van der Waals surface area (Å²) in [4.78, 5) is 12.3. The van der Waals surface area contributed by atoms with Gasteiger partial charge < -0.3 is 25.7 Å². The number of carbonyl (C=O) groups excluding carboxylic acids is 1. The van der Waals surface area contributed by atoms with E-state index in [9.17, 15) is 46.8 Å². The van der Waals surface area contributed by atoms with Crippen LogP contribution in [0.5, 0.6) is 0 Å². The quantitative estimate of drug-likeness (QED) is 0.325. The predicted octanol–water partition coefficient (Wildman–Crippen LogP) is 2.42. The summed E-state index contributed by atoms with van der Waals surface area (Å²) in [6, 6.07) is 4.57. The number of aliphatic hydroxyl groups excluding tert-OH is 3. The molecule has 2 aromatic rings. The minimum Gasteiger partial charge on any atom is -0.394 e. The number of sulfone groups is 1. The van der Waals surface area contributed by atoms with E-state index in [1.54, 1.807) is 0 Å². The highest BCUT2D eigenvalue weighted by Crippen LogP contribution is 2.54. The Labute approximate surface area is 215 Å². The fraction of sp³-hybridized carbons (Fsp3) is 0.458. The maximum Gasteiger partial charge on any atom is 0.255 e. The molecule has 202 valence electrons. The lowest BCUT2D eigenvalue weighted by Crippen LogP contribution is -2.59. The van der Waals surface area contributed by atoms with E-state index in [4.69, 9.17) is 11.6 Å². The highest BCUT2D eigenvalue weighted by Gasteiger charge is 2.60. The average molecular weight is 564 g/mol. The Hall–Kier alpha value is -2.22. The van der Waals surface area contributed by atoms with Crippen LogP contribution in [0.1, 0.15) is 36.0 Å². The van der Waals surface area contributed by atoms with Crippen LogP contribution >= 0.6 is 11.6 Å². The van der Waals surface area contributed by atoms with Crippen molar-refractivity contribution >= 4 is 33.0 Å². The molecular weight excluding hydrogens is 539 g/mol. The van der Waals surface area contributed by atoms with Gasteiger partial charge in [-0.15, -0.1) is 0 Å². The van der Waals surface area contributed by atoms with Crippen molar-refractivity contribution in [2.45, 2.75) is 53.6 Å². The second kappa shape index (κ2) is 10.2. The largest absolute Gasteiger partial charge is 0.394 e. The Balaban J connectivity index is 1.59. The number of aliphatic hydroxyl groups is 4. The van der Waals surface area contributed by atoms with E-state index in [2.05, 4.69) is 5.32 Å². The SMILES string of the molecule is O=C(Nc1cc(F)c(F)c(F)c1)c1ccc(Cl)c(S(=O)(=O)C2CC3CCC(C2)C3(O)[C@H](O)[C@@H](O)CO)c1. The Morgan fingerprint density at radius 2 is 1.65 bits per heavy atom. The number of fused-ring (bicyclic) bond motifs is 2. The zero-order chi connectivity index (χ0) is 27.3. The van der Waals surface area contributed by atoms with Gasteiger partial charge in [0.25, 0.3) is 5.91 Å². The lowest BCUT2D eigenvalue weighted by Gasteiger charge is -2.46. The molecule has 2 aromatic carbocycles. The van der Waals surface area contributed by atoms with Crippen molar-refractivity contribution in [2.75, 3.05) is 11.9 Å². The second-order valence-electron chi connectivity index (χ2n) is 9.54. The van der Waals surface area contributed by atoms with E-state index >= 15 is 0 Å².